The molecule has 1 heterocycles. The molecule has 86 valence electrons. The van der Waals surface area contributed by atoms with Crippen molar-refractivity contribution in [1.82, 2.24) is 0 Å². The fourth-order valence-corrected chi connectivity index (χ4v) is 2.22. The van der Waals surface area contributed by atoms with E-state index >= 15 is 0 Å². The Morgan fingerprint density at radius 1 is 1.00 bits per heavy atom. The molecule has 2 aromatic carbocycles. The van der Waals surface area contributed by atoms with Gasteiger partial charge in [0, 0.05) is 17.9 Å². The molecule has 0 fully saturated rings. The molecule has 0 bridgehead atoms. The fraction of sp³-hybridized carbons (Fsp3) is 0.0625. The Hall–Kier alpha value is -2.53. The molecule has 2 nitrogen and oxygen atoms in total. The van der Waals surface area contributed by atoms with E-state index in [2.05, 4.69) is 41.3 Å². The van der Waals surface area contributed by atoms with Crippen LogP contribution < -0.4 is 4.90 Å². The van der Waals surface area contributed by atoms with Crippen LogP contribution in [0.5, 0.6) is 0 Å². The van der Waals surface area contributed by atoms with E-state index in [0.717, 1.165) is 12.2 Å². The highest BCUT2D eigenvalue weighted by Crippen LogP contribution is 2.32. The third-order valence-electron chi connectivity index (χ3n) is 3.12. The second-order valence-corrected chi connectivity index (χ2v) is 4.23. The highest BCUT2D eigenvalue weighted by Gasteiger charge is 2.13. The van der Waals surface area contributed by atoms with Gasteiger partial charge in [-0.2, -0.15) is 5.26 Å². The van der Waals surface area contributed by atoms with E-state index in [-0.39, 0.29) is 0 Å². The largest absolute Gasteiger partial charge is 0.337 e. The van der Waals surface area contributed by atoms with E-state index in [1.165, 1.54) is 11.3 Å². The minimum atomic E-state index is 0.694. The molecule has 0 amide bonds. The molecule has 0 atom stereocenters. The summed E-state index contributed by atoms with van der Waals surface area (Å²) >= 11 is 0. The quantitative estimate of drug-likeness (QED) is 0.749. The van der Waals surface area contributed by atoms with Gasteiger partial charge >= 0.3 is 0 Å². The first-order valence-corrected chi connectivity index (χ1v) is 5.92. The van der Waals surface area contributed by atoms with Gasteiger partial charge in [0.15, 0.2) is 0 Å². The lowest BCUT2D eigenvalue weighted by atomic mass is 10.1. The molecule has 0 aromatic heterocycles. The number of rotatable bonds is 1. The van der Waals surface area contributed by atoms with Gasteiger partial charge in [-0.15, -0.1) is 0 Å². The highest BCUT2D eigenvalue weighted by molar-refractivity contribution is 5.77. The van der Waals surface area contributed by atoms with Crippen LogP contribution in [0.25, 0.3) is 6.08 Å². The minimum Gasteiger partial charge on any atom is -0.337 e. The first-order chi connectivity index (χ1) is 8.88. The topological polar surface area (TPSA) is 27.0 Å². The zero-order valence-electron chi connectivity index (χ0n) is 9.88. The number of benzene rings is 2. The predicted molar refractivity (Wildman–Crippen MR) is 73.6 cm³/mol. The molecule has 0 saturated carbocycles. The number of nitrogens with zero attached hydrogens (tertiary/aromatic N) is 2. The molecule has 0 N–H and O–H groups in total. The molecular formula is C16H12N2. The van der Waals surface area contributed by atoms with Gasteiger partial charge in [-0.3, -0.25) is 0 Å². The van der Waals surface area contributed by atoms with Crippen LogP contribution >= 0.6 is 0 Å². The average molecular weight is 232 g/mol. The molecule has 1 aliphatic rings. The summed E-state index contributed by atoms with van der Waals surface area (Å²) in [5.74, 6) is 0. The van der Waals surface area contributed by atoms with E-state index < -0.39 is 0 Å². The van der Waals surface area contributed by atoms with Crippen molar-refractivity contribution < 1.29 is 0 Å². The summed E-state index contributed by atoms with van der Waals surface area (Å²) in [5, 5.41) is 8.82. The van der Waals surface area contributed by atoms with E-state index in [9.17, 15) is 0 Å². The molecule has 0 unspecified atom stereocenters. The lowest BCUT2D eigenvalue weighted by Crippen LogP contribution is -2.19. The van der Waals surface area contributed by atoms with Gasteiger partial charge in [0.25, 0.3) is 0 Å². The maximum absolute atomic E-state index is 8.82. The van der Waals surface area contributed by atoms with Crippen molar-refractivity contribution in [2.75, 3.05) is 11.4 Å². The van der Waals surface area contributed by atoms with Crippen LogP contribution in [0.3, 0.4) is 0 Å². The first kappa shape index (κ1) is 10.6. The molecule has 2 heteroatoms. The van der Waals surface area contributed by atoms with Crippen LogP contribution in [-0.2, 0) is 0 Å². The van der Waals surface area contributed by atoms with Crippen LogP contribution in [-0.4, -0.2) is 6.54 Å². The monoisotopic (exact) mass is 232 g/mol. The van der Waals surface area contributed by atoms with Crippen molar-refractivity contribution in [3.8, 4) is 6.07 Å². The highest BCUT2D eigenvalue weighted by atomic mass is 15.1. The molecule has 0 saturated heterocycles. The Bertz CT molecular complexity index is 633. The predicted octanol–water partition coefficient (Wildman–Crippen LogP) is 3.72. The van der Waals surface area contributed by atoms with Crippen molar-refractivity contribution in [3.63, 3.8) is 0 Å². The van der Waals surface area contributed by atoms with Crippen molar-refractivity contribution in [2.45, 2.75) is 0 Å². The average Bonchev–Trinajstić information content (AvgIpc) is 2.47. The lowest BCUT2D eigenvalue weighted by Gasteiger charge is -2.28. The van der Waals surface area contributed by atoms with Gasteiger partial charge in [0.05, 0.1) is 11.6 Å². The van der Waals surface area contributed by atoms with E-state index in [1.54, 1.807) is 0 Å². The second-order valence-electron chi connectivity index (χ2n) is 4.23. The van der Waals surface area contributed by atoms with Crippen molar-refractivity contribution >= 4 is 17.5 Å². The van der Waals surface area contributed by atoms with E-state index in [0.29, 0.717) is 5.56 Å². The molecule has 1 aliphatic heterocycles. The van der Waals surface area contributed by atoms with Gasteiger partial charge in [0.2, 0.25) is 0 Å². The normalized spacial score (nSPS) is 12.9. The molecule has 0 radical (unpaired) electrons. The first-order valence-electron chi connectivity index (χ1n) is 5.92. The smallest absolute Gasteiger partial charge is 0.0991 e. The zero-order chi connectivity index (χ0) is 12.4. The Morgan fingerprint density at radius 2 is 1.78 bits per heavy atom. The van der Waals surface area contributed by atoms with Crippen LogP contribution in [0.2, 0.25) is 0 Å². The second kappa shape index (κ2) is 4.38. The van der Waals surface area contributed by atoms with Crippen molar-refractivity contribution in [3.05, 3.63) is 65.7 Å². The summed E-state index contributed by atoms with van der Waals surface area (Å²) in [7, 11) is 0. The van der Waals surface area contributed by atoms with E-state index in [1.807, 2.05) is 30.3 Å². The van der Waals surface area contributed by atoms with Crippen LogP contribution in [0.15, 0.2) is 54.6 Å². The Morgan fingerprint density at radius 3 is 2.56 bits per heavy atom. The Kier molecular flexibility index (Phi) is 2.59. The third-order valence-corrected chi connectivity index (χ3v) is 3.12. The van der Waals surface area contributed by atoms with Gasteiger partial charge in [-0.05, 0) is 35.9 Å². The number of nitriles is 1. The molecule has 18 heavy (non-hydrogen) atoms. The molecule has 0 aliphatic carbocycles. The molecule has 0 spiro atoms. The number of fused-ring (bicyclic) bond motifs is 1. The van der Waals surface area contributed by atoms with Crippen LogP contribution in [0, 0.1) is 11.3 Å². The molecular weight excluding hydrogens is 220 g/mol. The summed E-state index contributed by atoms with van der Waals surface area (Å²) in [6.07, 6.45) is 4.30. The van der Waals surface area contributed by atoms with E-state index in [4.69, 9.17) is 5.26 Å². The van der Waals surface area contributed by atoms with Gasteiger partial charge in [0.1, 0.15) is 0 Å². The summed E-state index contributed by atoms with van der Waals surface area (Å²) in [5.41, 5.74) is 4.25. The van der Waals surface area contributed by atoms with Gasteiger partial charge < -0.3 is 4.90 Å². The van der Waals surface area contributed by atoms with Crippen molar-refractivity contribution in [1.29, 1.82) is 5.26 Å². The molecule has 2 aromatic rings. The molecule has 3 rings (SSSR count). The van der Waals surface area contributed by atoms with Crippen molar-refractivity contribution in [2.24, 2.45) is 0 Å². The SMILES string of the molecule is N#Cc1ccc(N2CC=Cc3ccccc32)cc1. The number of hydrogen-bond donors (Lipinski definition) is 0. The summed E-state index contributed by atoms with van der Waals surface area (Å²) in [6.45, 7) is 0.864. The minimum absolute atomic E-state index is 0.694. The standard InChI is InChI=1S/C16H12N2/c17-12-13-7-9-15(10-8-13)18-11-3-5-14-4-1-2-6-16(14)18/h1-10H,11H2. The van der Waals surface area contributed by atoms with Gasteiger partial charge in [-0.1, -0.05) is 30.4 Å². The van der Waals surface area contributed by atoms with Crippen LogP contribution in [0.4, 0.5) is 11.4 Å². The summed E-state index contributed by atoms with van der Waals surface area (Å²) < 4.78 is 0. The number of para-hydroxylation sites is 1. The summed E-state index contributed by atoms with van der Waals surface area (Å²) in [4.78, 5) is 2.25. The summed E-state index contributed by atoms with van der Waals surface area (Å²) in [6, 6.07) is 18.2. The number of anilines is 2. The van der Waals surface area contributed by atoms with Gasteiger partial charge in [-0.25, -0.2) is 0 Å². The zero-order valence-corrected chi connectivity index (χ0v) is 9.88. The maximum Gasteiger partial charge on any atom is 0.0991 e. The lowest BCUT2D eigenvalue weighted by molar-refractivity contribution is 1.08. The Balaban J connectivity index is 2.03. The third kappa shape index (κ3) is 1.76. The number of hydrogen-bond acceptors (Lipinski definition) is 2. The maximum atomic E-state index is 8.82. The fourth-order valence-electron chi connectivity index (χ4n) is 2.22. The Labute approximate surface area is 106 Å². The van der Waals surface area contributed by atoms with Crippen LogP contribution in [0.1, 0.15) is 11.1 Å².